The Morgan fingerprint density at radius 1 is 1.10 bits per heavy atom. The Morgan fingerprint density at radius 2 is 1.73 bits per heavy atom. The summed E-state index contributed by atoms with van der Waals surface area (Å²) in [5.74, 6) is -1.12. The second-order valence-electron chi connectivity index (χ2n) is 13.0. The largest absolute Gasteiger partial charge is 0.460 e. The van der Waals surface area contributed by atoms with E-state index in [1.54, 1.807) is 20.8 Å². The first-order chi connectivity index (χ1) is 18.8. The summed E-state index contributed by atoms with van der Waals surface area (Å²) in [5, 5.41) is 5.09. The van der Waals surface area contributed by atoms with Crippen LogP contribution in [0.3, 0.4) is 0 Å². The summed E-state index contributed by atoms with van der Waals surface area (Å²) in [4.78, 5) is 37.3. The highest BCUT2D eigenvalue weighted by molar-refractivity contribution is 7.87. The average molecular weight is 613 g/mol. The van der Waals surface area contributed by atoms with Gasteiger partial charge in [-0.3, -0.25) is 9.59 Å². The standard InChI is InChI=1S/C27H44N4O8SSi/c1-26(2,3)39-25(34)29-23-21(28-24(23)33)15-30-14-20(18-38-41(7,8)27(4,5)6)31(40(30,35)36)16-22(32)37-17-19-12-10-9-11-13-19/h9-13,20-21,23H,14-18H2,1-8H3,(H,28,33)(H,29,34)/t20-,21+,23-/m0/s1. The Bertz CT molecular complexity index is 1210. The van der Waals surface area contributed by atoms with E-state index in [-0.39, 0.29) is 31.3 Å². The normalized spacial score (nSPS) is 23.4. The van der Waals surface area contributed by atoms with Gasteiger partial charge in [0.2, 0.25) is 5.91 Å². The van der Waals surface area contributed by atoms with Crippen molar-refractivity contribution < 1.29 is 36.7 Å². The van der Waals surface area contributed by atoms with Crippen molar-refractivity contribution in [2.24, 2.45) is 0 Å². The van der Waals surface area contributed by atoms with Crippen LogP contribution >= 0.6 is 0 Å². The van der Waals surface area contributed by atoms with Crippen LogP contribution < -0.4 is 10.6 Å². The molecule has 2 aliphatic heterocycles. The maximum atomic E-state index is 13.7. The molecule has 0 radical (unpaired) electrons. The highest BCUT2D eigenvalue weighted by Crippen LogP contribution is 2.37. The van der Waals surface area contributed by atoms with E-state index in [0.717, 1.165) is 9.87 Å². The Labute approximate surface area is 244 Å². The van der Waals surface area contributed by atoms with E-state index < -0.39 is 66.8 Å². The number of hydrogen-bond donors (Lipinski definition) is 2. The van der Waals surface area contributed by atoms with Crippen LogP contribution in [-0.2, 0) is 40.3 Å². The summed E-state index contributed by atoms with van der Waals surface area (Å²) in [6.07, 6.45) is -0.768. The molecule has 2 aliphatic rings. The van der Waals surface area contributed by atoms with Crippen molar-refractivity contribution >= 4 is 36.5 Å². The molecule has 2 heterocycles. The fourth-order valence-corrected chi connectivity index (χ4v) is 6.94. The summed E-state index contributed by atoms with van der Waals surface area (Å²) in [5.41, 5.74) is 0.0271. The number of hydrogen-bond acceptors (Lipinski definition) is 8. The molecular formula is C27H44N4O8SSi. The van der Waals surface area contributed by atoms with Crippen molar-refractivity contribution in [1.29, 1.82) is 0 Å². The number of carbonyl (C=O) groups excluding carboxylic acids is 3. The van der Waals surface area contributed by atoms with Gasteiger partial charge in [-0.2, -0.15) is 17.0 Å². The van der Waals surface area contributed by atoms with Crippen molar-refractivity contribution in [3.8, 4) is 0 Å². The van der Waals surface area contributed by atoms with Crippen molar-refractivity contribution in [1.82, 2.24) is 19.2 Å². The van der Waals surface area contributed by atoms with Gasteiger partial charge in [0.15, 0.2) is 8.32 Å². The van der Waals surface area contributed by atoms with Gasteiger partial charge in [0.25, 0.3) is 10.2 Å². The number of esters is 1. The predicted molar refractivity (Wildman–Crippen MR) is 155 cm³/mol. The Hall–Kier alpha value is -2.52. The lowest BCUT2D eigenvalue weighted by Crippen LogP contribution is -2.72. The van der Waals surface area contributed by atoms with Crippen LogP contribution in [0.25, 0.3) is 0 Å². The second kappa shape index (κ2) is 12.4. The van der Waals surface area contributed by atoms with E-state index in [9.17, 15) is 22.8 Å². The maximum Gasteiger partial charge on any atom is 0.408 e. The number of β-lactam (4-membered cyclic amide) rings is 1. The second-order valence-corrected chi connectivity index (χ2v) is 19.7. The summed E-state index contributed by atoms with van der Waals surface area (Å²) < 4.78 is 46.7. The van der Waals surface area contributed by atoms with E-state index in [1.807, 2.05) is 30.3 Å². The van der Waals surface area contributed by atoms with Gasteiger partial charge in [0, 0.05) is 13.1 Å². The minimum Gasteiger partial charge on any atom is -0.460 e. The highest BCUT2D eigenvalue weighted by atomic mass is 32.2. The van der Waals surface area contributed by atoms with Gasteiger partial charge in [-0.05, 0) is 44.5 Å². The van der Waals surface area contributed by atoms with Crippen LogP contribution in [0, 0.1) is 0 Å². The van der Waals surface area contributed by atoms with Gasteiger partial charge in [0.05, 0.1) is 18.7 Å². The number of ether oxygens (including phenoxy) is 2. The number of benzene rings is 1. The van der Waals surface area contributed by atoms with Gasteiger partial charge in [0.1, 0.15) is 24.8 Å². The van der Waals surface area contributed by atoms with Crippen molar-refractivity contribution in [2.75, 3.05) is 26.2 Å². The van der Waals surface area contributed by atoms with Crippen LogP contribution in [0.2, 0.25) is 18.1 Å². The quantitative estimate of drug-likeness (QED) is 0.233. The van der Waals surface area contributed by atoms with Gasteiger partial charge >= 0.3 is 12.1 Å². The van der Waals surface area contributed by atoms with Gasteiger partial charge in [-0.1, -0.05) is 51.1 Å². The Balaban J connectivity index is 1.73. The molecule has 0 unspecified atom stereocenters. The lowest BCUT2D eigenvalue weighted by atomic mass is 9.99. The lowest BCUT2D eigenvalue weighted by Gasteiger charge is -2.38. The highest BCUT2D eigenvalue weighted by Gasteiger charge is 2.50. The molecule has 2 saturated heterocycles. The summed E-state index contributed by atoms with van der Waals surface area (Å²) in [6.45, 7) is 15.1. The topological polar surface area (TPSA) is 144 Å². The first kappa shape index (κ1) is 33.0. The molecule has 1 aromatic rings. The molecule has 0 aromatic heterocycles. The monoisotopic (exact) mass is 612 g/mol. The zero-order valence-corrected chi connectivity index (χ0v) is 27.0. The van der Waals surface area contributed by atoms with Gasteiger partial charge < -0.3 is 24.5 Å². The van der Waals surface area contributed by atoms with Crippen LogP contribution in [0.1, 0.15) is 47.1 Å². The zero-order valence-electron chi connectivity index (χ0n) is 25.2. The van der Waals surface area contributed by atoms with E-state index in [2.05, 4.69) is 44.5 Å². The van der Waals surface area contributed by atoms with Gasteiger partial charge in [-0.15, -0.1) is 0 Å². The van der Waals surface area contributed by atoms with Crippen LogP contribution in [-0.4, -0.2) is 93.3 Å². The number of alkyl carbamates (subject to hydrolysis) is 1. The van der Waals surface area contributed by atoms with Gasteiger partial charge in [-0.25, -0.2) is 4.79 Å². The molecule has 2 fully saturated rings. The third kappa shape index (κ3) is 8.50. The minimum absolute atomic E-state index is 0.0224. The van der Waals surface area contributed by atoms with E-state index in [1.165, 1.54) is 4.31 Å². The molecule has 2 N–H and O–H groups in total. The molecule has 1 aromatic carbocycles. The molecule has 0 bridgehead atoms. The molecule has 3 atom stereocenters. The maximum absolute atomic E-state index is 13.7. The van der Waals surface area contributed by atoms with Crippen LogP contribution in [0.4, 0.5) is 4.79 Å². The third-order valence-corrected chi connectivity index (χ3v) is 14.0. The first-order valence-corrected chi connectivity index (χ1v) is 18.0. The molecule has 0 spiro atoms. The number of rotatable bonds is 10. The third-order valence-electron chi connectivity index (χ3n) is 7.50. The molecule has 14 heteroatoms. The molecule has 12 nitrogen and oxygen atoms in total. The summed E-state index contributed by atoms with van der Waals surface area (Å²) in [6, 6.07) is 6.85. The van der Waals surface area contributed by atoms with E-state index in [4.69, 9.17) is 13.9 Å². The van der Waals surface area contributed by atoms with Crippen molar-refractivity contribution in [3.63, 3.8) is 0 Å². The molecule has 0 saturated carbocycles. The van der Waals surface area contributed by atoms with Crippen LogP contribution in [0.5, 0.6) is 0 Å². The lowest BCUT2D eigenvalue weighted by molar-refractivity contribution is -0.145. The molecular weight excluding hydrogens is 568 g/mol. The zero-order chi connectivity index (χ0) is 30.8. The van der Waals surface area contributed by atoms with E-state index >= 15 is 0 Å². The smallest absolute Gasteiger partial charge is 0.408 e. The van der Waals surface area contributed by atoms with E-state index in [0.29, 0.717) is 0 Å². The fraction of sp³-hybridized carbons (Fsp3) is 0.667. The molecule has 41 heavy (non-hydrogen) atoms. The average Bonchev–Trinajstić information content (AvgIpc) is 3.07. The number of nitrogens with one attached hydrogen (secondary N) is 2. The number of carbonyl (C=O) groups is 3. The Morgan fingerprint density at radius 3 is 2.29 bits per heavy atom. The molecule has 3 rings (SSSR count). The number of amides is 2. The Kier molecular flexibility index (Phi) is 9.96. The summed E-state index contributed by atoms with van der Waals surface area (Å²) in [7, 11) is -6.35. The summed E-state index contributed by atoms with van der Waals surface area (Å²) >= 11 is 0. The van der Waals surface area contributed by atoms with Crippen molar-refractivity contribution in [2.45, 2.75) is 90.0 Å². The predicted octanol–water partition coefficient (Wildman–Crippen LogP) is 2.37. The fourth-order valence-electron chi connectivity index (χ4n) is 4.12. The molecule has 0 aliphatic carbocycles. The SMILES string of the molecule is CC(C)(C)OC(=O)N[C@@H]1C(=O)N[C@@H]1CN1C[C@@H](CO[Si](C)(C)C(C)(C)C)N(CC(=O)OCc2ccccc2)S1(=O)=O. The first-order valence-electron chi connectivity index (χ1n) is 13.7. The van der Waals surface area contributed by atoms with Crippen molar-refractivity contribution in [3.05, 3.63) is 35.9 Å². The number of nitrogens with zero attached hydrogens (tertiary/aromatic N) is 2. The molecule has 230 valence electrons. The minimum atomic E-state index is -4.12. The molecule has 2 amide bonds. The van der Waals surface area contributed by atoms with Crippen LogP contribution in [0.15, 0.2) is 30.3 Å².